The summed E-state index contributed by atoms with van der Waals surface area (Å²) in [5, 5.41) is 59.4. The number of benzene rings is 6. The average molecular weight is 841 g/mol. The molecule has 6 rings (SSSR count). The van der Waals surface area contributed by atoms with Gasteiger partial charge in [-0.1, -0.05) is 86.6 Å². The van der Waals surface area contributed by atoms with Gasteiger partial charge in [0.05, 0.1) is 19.6 Å². The van der Waals surface area contributed by atoms with E-state index in [-0.39, 0.29) is 93.4 Å². The van der Waals surface area contributed by atoms with Gasteiger partial charge in [0.1, 0.15) is 43.1 Å². The van der Waals surface area contributed by atoms with Crippen LogP contribution in [0.15, 0.2) is 127 Å². The molecule has 6 aromatic rings. The van der Waals surface area contributed by atoms with Gasteiger partial charge in [0.25, 0.3) is 11.4 Å². The fourth-order valence-electron chi connectivity index (χ4n) is 5.77. The number of aromatic hydroxyl groups is 2. The van der Waals surface area contributed by atoms with Crippen LogP contribution in [0.25, 0.3) is 21.5 Å². The molecular weight excluding hydrogens is 813 g/mol. The number of rotatable bonds is 10. The Labute approximate surface area is 354 Å². The number of nitro benzene ring substituents is 2. The zero-order valence-corrected chi connectivity index (χ0v) is 33.7. The second-order valence-electron chi connectivity index (χ2n) is 11.7. The van der Waals surface area contributed by atoms with Crippen LogP contribution in [-0.2, 0) is 33.1 Å². The number of fused-ring (bicyclic) bond motifs is 2. The van der Waals surface area contributed by atoms with E-state index in [0.717, 1.165) is 12.1 Å². The summed E-state index contributed by atoms with van der Waals surface area (Å²) in [6.07, 6.45) is 0.841. The molecule has 0 aliphatic rings. The Morgan fingerprint density at radius 2 is 0.877 bits per heavy atom. The second-order valence-corrected chi connectivity index (χ2v) is 14.4. The Kier molecular flexibility index (Phi) is 14.1. The van der Waals surface area contributed by atoms with Gasteiger partial charge in [-0.2, -0.15) is 0 Å². The van der Waals surface area contributed by atoms with Crippen LogP contribution in [0.3, 0.4) is 0 Å². The number of azo groups is 2. The zero-order chi connectivity index (χ0) is 40.9. The molecule has 0 radical (unpaired) electrons. The Morgan fingerprint density at radius 3 is 1.18 bits per heavy atom. The summed E-state index contributed by atoms with van der Waals surface area (Å²) >= 11 is 0. The molecule has 18 nitrogen and oxygen atoms in total. The number of hydrogen-bond acceptors (Lipinski definition) is 16. The molecule has 0 fully saturated rings. The fourth-order valence-corrected chi connectivity index (χ4v) is 7.17. The molecule has 0 saturated heterocycles. The van der Waals surface area contributed by atoms with E-state index < -0.39 is 51.4 Å². The van der Waals surface area contributed by atoms with E-state index in [1.807, 2.05) is 0 Å². The van der Waals surface area contributed by atoms with Crippen molar-refractivity contribution >= 4 is 114 Å². The summed E-state index contributed by atoms with van der Waals surface area (Å²) < 4.78 is 68.9. The van der Waals surface area contributed by atoms with Gasteiger partial charge in [0.2, 0.25) is 0 Å². The van der Waals surface area contributed by atoms with Gasteiger partial charge in [-0.15, -0.1) is 20.5 Å². The molecule has 0 heterocycles. The molecule has 0 spiro atoms. The van der Waals surface area contributed by atoms with Crippen molar-refractivity contribution in [2.45, 2.75) is 36.5 Å². The Bertz CT molecular complexity index is 2640. The summed E-state index contributed by atoms with van der Waals surface area (Å²) in [6.45, 7) is 3.54. The first-order chi connectivity index (χ1) is 26.5. The van der Waals surface area contributed by atoms with Crippen LogP contribution in [0.1, 0.15) is 25.0 Å². The molecule has 0 bridgehead atoms. The molecule has 0 unspecified atom stereocenters. The van der Waals surface area contributed by atoms with E-state index in [9.17, 15) is 56.4 Å². The molecule has 21 heteroatoms. The van der Waals surface area contributed by atoms with Crippen molar-refractivity contribution in [3.63, 3.8) is 0 Å². The van der Waals surface area contributed by atoms with E-state index >= 15 is 0 Å². The van der Waals surface area contributed by atoms with Gasteiger partial charge in [-0.05, 0) is 25.0 Å². The maximum absolute atomic E-state index is 11.5. The van der Waals surface area contributed by atoms with Crippen molar-refractivity contribution in [1.82, 2.24) is 0 Å². The summed E-state index contributed by atoms with van der Waals surface area (Å²) in [5.74, 6) is -1.16. The Hall–Kier alpha value is -5.48. The first-order valence-corrected chi connectivity index (χ1v) is 19.1. The molecule has 0 aliphatic carbocycles. The van der Waals surface area contributed by atoms with E-state index in [0.29, 0.717) is 24.0 Å². The molecular formula is C36H28CaN6O12S2. The number of nitro groups is 2. The van der Waals surface area contributed by atoms with E-state index in [4.69, 9.17) is 0 Å². The molecule has 288 valence electrons. The second kappa shape index (κ2) is 18.2. The number of hydrogen-bond donors (Lipinski definition) is 2. The van der Waals surface area contributed by atoms with Crippen molar-refractivity contribution in [1.29, 1.82) is 0 Å². The van der Waals surface area contributed by atoms with Gasteiger partial charge in [-0.3, -0.25) is 20.2 Å². The average Bonchev–Trinajstić information content (AvgIpc) is 3.15. The van der Waals surface area contributed by atoms with Crippen molar-refractivity contribution in [2.75, 3.05) is 0 Å². The quantitative estimate of drug-likeness (QED) is 0.0433. The third-order valence-electron chi connectivity index (χ3n) is 8.29. The molecule has 57 heavy (non-hydrogen) atoms. The summed E-state index contributed by atoms with van der Waals surface area (Å²) in [5.41, 5.74) is 0.347. The van der Waals surface area contributed by atoms with Crippen molar-refractivity contribution in [3.8, 4) is 11.5 Å². The largest absolute Gasteiger partial charge is 2.00 e. The van der Waals surface area contributed by atoms with Crippen molar-refractivity contribution in [3.05, 3.63) is 128 Å². The van der Waals surface area contributed by atoms with E-state index in [2.05, 4.69) is 20.5 Å². The molecule has 0 atom stereocenters. The normalized spacial score (nSPS) is 11.7. The predicted octanol–water partition coefficient (Wildman–Crippen LogP) is 8.29. The van der Waals surface area contributed by atoms with Gasteiger partial charge < -0.3 is 19.3 Å². The number of phenols is 2. The first-order valence-electron chi connectivity index (χ1n) is 16.2. The Balaban J connectivity index is 0.000000248. The molecule has 2 N–H and O–H groups in total. The van der Waals surface area contributed by atoms with Crippen molar-refractivity contribution < 1.29 is 46.0 Å². The first kappa shape index (κ1) is 44.2. The number of nitrogens with zero attached hydrogens (tertiary/aromatic N) is 6. The standard InChI is InChI=1S/2C18H15N3O6S.Ca/c2*1-2-11-6-5-9-14(18(11)21(23)24)19-20-17-13-8-4-3-7-12(13)16(10-15(17)22)28(25,26)27;/h2*3-10,22H,2H2,1H3,(H,25,26,27);/q;;+2/p-2. The van der Waals surface area contributed by atoms with Gasteiger partial charge in [-0.25, -0.2) is 16.8 Å². The van der Waals surface area contributed by atoms with Crippen LogP contribution in [0, 0.1) is 20.2 Å². The Morgan fingerprint density at radius 1 is 0.544 bits per heavy atom. The zero-order valence-electron chi connectivity index (χ0n) is 29.8. The molecule has 0 amide bonds. The van der Waals surface area contributed by atoms with Crippen LogP contribution in [0.4, 0.5) is 34.1 Å². The van der Waals surface area contributed by atoms with Crippen molar-refractivity contribution in [2.24, 2.45) is 20.5 Å². The minimum Gasteiger partial charge on any atom is -0.744 e. The SMILES string of the molecule is CCc1cccc(N=Nc2c(O)cc(S(=O)(=O)[O-])c3ccccc23)c1[N+](=O)[O-].CCc1cccc(N=Nc2c(O)cc(S(=O)(=O)[O-])c3ccccc23)c1[N+](=O)[O-].[Ca+2]. The third-order valence-corrected chi connectivity index (χ3v) is 10.0. The summed E-state index contributed by atoms with van der Waals surface area (Å²) in [4.78, 5) is 20.5. The summed E-state index contributed by atoms with van der Waals surface area (Å²) in [6, 6.07) is 22.8. The molecule has 0 saturated carbocycles. The van der Waals surface area contributed by atoms with E-state index in [1.54, 1.807) is 50.2 Å². The maximum atomic E-state index is 11.5. The van der Waals surface area contributed by atoms with Crippen LogP contribution >= 0.6 is 0 Å². The number of aryl methyl sites for hydroxylation is 2. The van der Waals surface area contributed by atoms with Crippen LogP contribution in [0.2, 0.25) is 0 Å². The number of phenolic OH excluding ortho intramolecular Hbond substituents is 2. The van der Waals surface area contributed by atoms with Crippen LogP contribution in [0.5, 0.6) is 11.5 Å². The minimum atomic E-state index is -4.83. The van der Waals surface area contributed by atoms with Gasteiger partial charge in [0, 0.05) is 44.8 Å². The smallest absolute Gasteiger partial charge is 0.744 e. The molecule has 6 aromatic carbocycles. The molecule has 0 aromatic heterocycles. The number of para-hydroxylation sites is 2. The van der Waals surface area contributed by atoms with Crippen LogP contribution in [-0.4, -0.2) is 83.7 Å². The monoisotopic (exact) mass is 840 g/mol. The summed E-state index contributed by atoms with van der Waals surface area (Å²) in [7, 11) is -9.67. The fraction of sp³-hybridized carbons (Fsp3) is 0.111. The van der Waals surface area contributed by atoms with Gasteiger partial charge in [0.15, 0.2) is 11.4 Å². The molecule has 0 aliphatic heterocycles. The predicted molar refractivity (Wildman–Crippen MR) is 206 cm³/mol. The van der Waals surface area contributed by atoms with Crippen LogP contribution < -0.4 is 0 Å². The van der Waals surface area contributed by atoms with E-state index in [1.165, 1.54) is 48.5 Å². The van der Waals surface area contributed by atoms with Gasteiger partial charge >= 0.3 is 37.7 Å². The maximum Gasteiger partial charge on any atom is 2.00 e. The topological polar surface area (TPSA) is 291 Å². The minimum absolute atomic E-state index is 0. The third kappa shape index (κ3) is 9.74.